The first kappa shape index (κ1) is 19.3. The zero-order valence-corrected chi connectivity index (χ0v) is 17.4. The average molecular weight is 463 g/mol. The molecule has 0 atom stereocenters. The molecule has 4 rings (SSSR count). The molecule has 0 radical (unpaired) electrons. The van der Waals surface area contributed by atoms with Gasteiger partial charge in [0.25, 0.3) is 0 Å². The van der Waals surface area contributed by atoms with E-state index < -0.39 is 10.0 Å². The molecular formula is C19H19BrN4O3S. The molecule has 0 amide bonds. The SMILES string of the molecule is O=S(=O)(NCc1nc(N2CCOCC2)c2ccccc2n1)c1ccccc1Br. The smallest absolute Gasteiger partial charge is 0.242 e. The number of aromatic nitrogens is 2. The van der Waals surface area contributed by atoms with Gasteiger partial charge in [0.15, 0.2) is 0 Å². The molecule has 28 heavy (non-hydrogen) atoms. The number of hydrogen-bond acceptors (Lipinski definition) is 6. The van der Waals surface area contributed by atoms with Gasteiger partial charge in [-0.1, -0.05) is 24.3 Å². The zero-order valence-electron chi connectivity index (χ0n) is 15.0. The van der Waals surface area contributed by atoms with Crippen LogP contribution < -0.4 is 9.62 Å². The summed E-state index contributed by atoms with van der Waals surface area (Å²) in [5.41, 5.74) is 0.786. The van der Waals surface area contributed by atoms with Crippen LogP contribution in [0.25, 0.3) is 10.9 Å². The Morgan fingerprint density at radius 1 is 1.04 bits per heavy atom. The maximum absolute atomic E-state index is 12.7. The Kier molecular flexibility index (Phi) is 5.58. The van der Waals surface area contributed by atoms with E-state index in [1.165, 1.54) is 0 Å². The van der Waals surface area contributed by atoms with Crippen LogP contribution in [0.2, 0.25) is 0 Å². The number of benzene rings is 2. The molecule has 0 aliphatic carbocycles. The highest BCUT2D eigenvalue weighted by molar-refractivity contribution is 9.10. The summed E-state index contributed by atoms with van der Waals surface area (Å²) >= 11 is 3.29. The Morgan fingerprint density at radius 2 is 1.75 bits per heavy atom. The van der Waals surface area contributed by atoms with E-state index in [0.29, 0.717) is 23.5 Å². The predicted molar refractivity (Wildman–Crippen MR) is 111 cm³/mol. The molecule has 1 aliphatic heterocycles. The fraction of sp³-hybridized carbons (Fsp3) is 0.263. The maximum atomic E-state index is 12.7. The molecule has 1 aliphatic rings. The Morgan fingerprint density at radius 3 is 2.54 bits per heavy atom. The lowest BCUT2D eigenvalue weighted by Gasteiger charge is -2.29. The third-order valence-electron chi connectivity index (χ3n) is 4.49. The van der Waals surface area contributed by atoms with Crippen molar-refractivity contribution in [3.05, 3.63) is 58.8 Å². The molecule has 1 aromatic heterocycles. The fourth-order valence-electron chi connectivity index (χ4n) is 3.10. The Bertz CT molecular complexity index is 1100. The van der Waals surface area contributed by atoms with Gasteiger partial charge in [0, 0.05) is 22.9 Å². The second kappa shape index (κ2) is 8.12. The minimum Gasteiger partial charge on any atom is -0.378 e. The largest absolute Gasteiger partial charge is 0.378 e. The molecule has 1 N–H and O–H groups in total. The minimum atomic E-state index is -3.69. The lowest BCUT2D eigenvalue weighted by molar-refractivity contribution is 0.122. The zero-order chi connectivity index (χ0) is 19.6. The van der Waals surface area contributed by atoms with E-state index in [1.54, 1.807) is 24.3 Å². The first-order valence-electron chi connectivity index (χ1n) is 8.87. The van der Waals surface area contributed by atoms with Gasteiger partial charge in [-0.25, -0.2) is 23.1 Å². The fourth-order valence-corrected chi connectivity index (χ4v) is 5.08. The maximum Gasteiger partial charge on any atom is 0.242 e. The van der Waals surface area contributed by atoms with E-state index in [9.17, 15) is 8.42 Å². The standard InChI is InChI=1S/C19H19BrN4O3S/c20-15-6-2-4-8-17(15)28(25,26)21-13-18-22-16-7-3-1-5-14(16)19(23-18)24-9-11-27-12-10-24/h1-8,21H,9-13H2. The molecule has 2 heterocycles. The highest BCUT2D eigenvalue weighted by Crippen LogP contribution is 2.25. The summed E-state index contributed by atoms with van der Waals surface area (Å²) in [6.07, 6.45) is 0. The van der Waals surface area contributed by atoms with Crippen molar-refractivity contribution in [3.63, 3.8) is 0 Å². The molecule has 0 saturated carbocycles. The van der Waals surface area contributed by atoms with Crippen molar-refractivity contribution in [3.8, 4) is 0 Å². The van der Waals surface area contributed by atoms with Crippen molar-refractivity contribution < 1.29 is 13.2 Å². The van der Waals surface area contributed by atoms with Gasteiger partial charge >= 0.3 is 0 Å². The molecule has 0 spiro atoms. The number of anilines is 1. The van der Waals surface area contributed by atoms with Gasteiger partial charge in [-0.2, -0.15) is 0 Å². The van der Waals surface area contributed by atoms with E-state index in [-0.39, 0.29) is 11.4 Å². The number of sulfonamides is 1. The monoisotopic (exact) mass is 462 g/mol. The molecule has 146 valence electrons. The lowest BCUT2D eigenvalue weighted by Crippen LogP contribution is -2.37. The Labute approximate surface area is 171 Å². The van der Waals surface area contributed by atoms with Crippen molar-refractivity contribution >= 4 is 42.7 Å². The summed E-state index contributed by atoms with van der Waals surface area (Å²) in [5.74, 6) is 1.24. The summed E-state index contributed by atoms with van der Waals surface area (Å²) in [4.78, 5) is 11.5. The highest BCUT2D eigenvalue weighted by atomic mass is 79.9. The molecule has 7 nitrogen and oxygen atoms in total. The average Bonchev–Trinajstić information content (AvgIpc) is 2.72. The summed E-state index contributed by atoms with van der Waals surface area (Å²) in [6, 6.07) is 14.4. The minimum absolute atomic E-state index is 0.00580. The number of rotatable bonds is 5. The number of fused-ring (bicyclic) bond motifs is 1. The molecule has 0 unspecified atom stereocenters. The van der Waals surface area contributed by atoms with E-state index >= 15 is 0 Å². The molecule has 2 aromatic carbocycles. The molecule has 3 aromatic rings. The highest BCUT2D eigenvalue weighted by Gasteiger charge is 2.20. The predicted octanol–water partition coefficient (Wildman–Crippen LogP) is 2.71. The van der Waals surface area contributed by atoms with Gasteiger partial charge in [-0.15, -0.1) is 0 Å². The third kappa shape index (κ3) is 4.02. The van der Waals surface area contributed by atoms with Crippen molar-refractivity contribution in [1.29, 1.82) is 0 Å². The van der Waals surface area contributed by atoms with Crippen LogP contribution in [0.5, 0.6) is 0 Å². The van der Waals surface area contributed by atoms with Crippen molar-refractivity contribution in [1.82, 2.24) is 14.7 Å². The normalized spacial score (nSPS) is 15.1. The number of nitrogens with one attached hydrogen (secondary N) is 1. The van der Waals surface area contributed by atoms with Crippen LogP contribution >= 0.6 is 15.9 Å². The first-order chi connectivity index (χ1) is 13.5. The first-order valence-corrected chi connectivity index (χ1v) is 11.1. The summed E-state index contributed by atoms with van der Waals surface area (Å²) in [7, 11) is -3.69. The summed E-state index contributed by atoms with van der Waals surface area (Å²) in [6.45, 7) is 2.77. The van der Waals surface area contributed by atoms with Crippen LogP contribution in [0.4, 0.5) is 5.82 Å². The number of morpholine rings is 1. The second-order valence-electron chi connectivity index (χ2n) is 6.33. The third-order valence-corrected chi connectivity index (χ3v) is 6.90. The van der Waals surface area contributed by atoms with Crippen LogP contribution in [0.3, 0.4) is 0 Å². The van der Waals surface area contributed by atoms with Crippen molar-refractivity contribution in [2.24, 2.45) is 0 Å². The van der Waals surface area contributed by atoms with Crippen LogP contribution in [0, 0.1) is 0 Å². The quantitative estimate of drug-likeness (QED) is 0.627. The lowest BCUT2D eigenvalue weighted by atomic mass is 10.2. The molecule has 1 saturated heterocycles. The number of para-hydroxylation sites is 1. The van der Waals surface area contributed by atoms with Crippen LogP contribution in [-0.2, 0) is 21.3 Å². The number of hydrogen-bond donors (Lipinski definition) is 1. The van der Waals surface area contributed by atoms with E-state index in [2.05, 4.69) is 35.5 Å². The molecular weight excluding hydrogens is 444 g/mol. The Balaban J connectivity index is 1.65. The molecule has 1 fully saturated rings. The summed E-state index contributed by atoms with van der Waals surface area (Å²) < 4.78 is 33.9. The van der Waals surface area contributed by atoms with E-state index in [1.807, 2.05) is 24.3 Å². The number of nitrogens with zero attached hydrogens (tertiary/aromatic N) is 3. The second-order valence-corrected chi connectivity index (χ2v) is 8.92. The Hall–Kier alpha value is -2.07. The van der Waals surface area contributed by atoms with Gasteiger partial charge in [-0.3, -0.25) is 0 Å². The van der Waals surface area contributed by atoms with Gasteiger partial charge in [0.2, 0.25) is 10.0 Å². The number of halogens is 1. The van der Waals surface area contributed by atoms with Crippen molar-refractivity contribution in [2.45, 2.75) is 11.4 Å². The van der Waals surface area contributed by atoms with Crippen molar-refractivity contribution in [2.75, 3.05) is 31.2 Å². The van der Waals surface area contributed by atoms with Gasteiger partial charge in [-0.05, 0) is 40.2 Å². The van der Waals surface area contributed by atoms with Crippen LogP contribution in [0.1, 0.15) is 5.82 Å². The van der Waals surface area contributed by atoms with E-state index in [4.69, 9.17) is 4.74 Å². The van der Waals surface area contributed by atoms with Gasteiger partial charge in [0.1, 0.15) is 11.6 Å². The van der Waals surface area contributed by atoms with Crippen LogP contribution in [-0.4, -0.2) is 44.7 Å². The van der Waals surface area contributed by atoms with Crippen LogP contribution in [0.15, 0.2) is 57.9 Å². The molecule has 9 heteroatoms. The van der Waals surface area contributed by atoms with Gasteiger partial charge < -0.3 is 9.64 Å². The van der Waals surface area contributed by atoms with Gasteiger partial charge in [0.05, 0.1) is 30.2 Å². The number of ether oxygens (including phenoxy) is 1. The topological polar surface area (TPSA) is 84.4 Å². The van der Waals surface area contributed by atoms with E-state index in [0.717, 1.165) is 29.8 Å². The molecule has 0 bridgehead atoms. The summed E-state index contributed by atoms with van der Waals surface area (Å²) in [5, 5.41) is 0.946.